The summed E-state index contributed by atoms with van der Waals surface area (Å²) in [6, 6.07) is -5.19. The number of phenols is 4. The standard InChI is InChI=1S/C90H122F3N27O23S/c1-44(2)70-84(140)110-57(9-5-6-28-102-87(143)90(91,92)93)74(130)108-58(10-7-29-103-88(96)97)75(131)109-59(11-8-30-104-89(98)99)76(132)119-71(45(3)121)86(142)116-66(37-68(94)127)81(137)112-61(32-48-14-22-54(124)23-15-48)78(134)111-62(33-49-16-24-55(125)25-17-49)80(136)117-67(73(95)129)40-144-41-69(128)107-60(31-47-12-20-53(123)21-13-47)77(133)113-65(36-52-39-101-43-106-52)83(139)120-72(46(4)122)85(141)115-63(34-50-18-26-56(126)27-19-50)79(135)114-64(82(138)118-70)35-51-38-100-42-105-51/h12-27,38-39,42-46,57-67,70-72,121-126H,5-11,28-37,40-41H2,1-4H3,(H2,94,127)(H2,95,129)(H,100,105)(H,101,106)(H,102,143)(H,107,128)(H,108,130)(H,109,131)(H,110,140)(H,111,134)(H,112,137)(H,113,133)(H,114,135)(H,115,141)(H,116,142)(H,117,136)(H,118,138)(H,119,132)(H,120,139)(H4,96,97,103)(H4,98,99,104)/p+2/t45-,46-,57+,58+,59+,60+,61+,62+,63+,64+,65+,66+,67+,70+,71+,72+/m1/s1. The van der Waals surface area contributed by atoms with Crippen molar-refractivity contribution in [1.29, 1.82) is 0 Å². The summed E-state index contributed by atoms with van der Waals surface area (Å²) in [4.78, 5) is 267. The van der Waals surface area contributed by atoms with Gasteiger partial charge in [-0.05, 0) is 135 Å². The van der Waals surface area contributed by atoms with Gasteiger partial charge in [-0.1, -0.05) is 62.4 Å². The Morgan fingerprint density at radius 3 is 1.03 bits per heavy atom. The van der Waals surface area contributed by atoms with E-state index in [4.69, 9.17) is 34.4 Å². The van der Waals surface area contributed by atoms with Gasteiger partial charge in [-0.25, -0.2) is 9.97 Å². The molecule has 37 N–H and O–H groups in total. The number of nitrogens with two attached hydrogens (primary N) is 6. The Kier molecular flexibility index (Phi) is 45.2. The van der Waals surface area contributed by atoms with E-state index in [1.165, 1.54) is 136 Å². The number of carbonyl (C=O) groups excluding carboxylic acids is 17. The van der Waals surface area contributed by atoms with E-state index in [2.05, 4.69) is 104 Å². The zero-order chi connectivity index (χ0) is 106. The van der Waals surface area contributed by atoms with E-state index in [-0.39, 0.29) is 108 Å². The molecule has 4 aromatic carbocycles. The third-order valence-electron chi connectivity index (χ3n) is 22.2. The Bertz CT molecular complexity index is 5430. The van der Waals surface area contributed by atoms with Crippen LogP contribution in [0.3, 0.4) is 0 Å². The first kappa shape index (κ1) is 115. The third kappa shape index (κ3) is 39.3. The number of benzene rings is 4. The maximum atomic E-state index is 15.2. The molecule has 17 amide bonds. The zero-order valence-electron chi connectivity index (χ0n) is 78.8. The minimum atomic E-state index is -5.32. The number of rotatable bonds is 31. The van der Waals surface area contributed by atoms with E-state index in [0.717, 1.165) is 13.8 Å². The second-order valence-corrected chi connectivity index (χ2v) is 35.3. The van der Waals surface area contributed by atoms with E-state index in [9.17, 15) is 96.6 Å². The number of aliphatic hydroxyl groups is 2. The molecule has 3 heterocycles. The normalized spacial score (nSPS) is 22.7. The number of halogens is 3. The van der Waals surface area contributed by atoms with E-state index in [0.29, 0.717) is 17.3 Å². The first-order valence-electron chi connectivity index (χ1n) is 45.5. The van der Waals surface area contributed by atoms with Gasteiger partial charge in [0.2, 0.25) is 94.5 Å². The number of H-pyrrole nitrogens is 2. The molecule has 144 heavy (non-hydrogen) atoms. The molecule has 1 aliphatic rings. The quantitative estimate of drug-likeness (QED) is 0.0109. The van der Waals surface area contributed by atoms with Crippen LogP contribution in [0.4, 0.5) is 13.2 Å². The number of amides is 17. The molecule has 6 aromatic rings. The van der Waals surface area contributed by atoms with Crippen LogP contribution in [-0.2, 0) is 120 Å². The van der Waals surface area contributed by atoms with Crippen LogP contribution in [0, 0.1) is 5.92 Å². The summed E-state index contributed by atoms with van der Waals surface area (Å²) in [6.45, 7) is 4.07. The molecule has 54 heteroatoms. The summed E-state index contributed by atoms with van der Waals surface area (Å²) in [7, 11) is 0. The monoisotopic (exact) mass is 2040 g/mol. The maximum Gasteiger partial charge on any atom is 0.471 e. The number of hydrogen-bond donors (Lipinski definition) is 31. The van der Waals surface area contributed by atoms with Crippen LogP contribution in [0.1, 0.15) is 113 Å². The summed E-state index contributed by atoms with van der Waals surface area (Å²) in [5.74, 6) is -25.3. The molecule has 782 valence electrons. The topological polar surface area (TPSA) is 833 Å². The molecule has 0 radical (unpaired) electrons. The highest BCUT2D eigenvalue weighted by molar-refractivity contribution is 8.00. The minimum Gasteiger partial charge on any atom is -0.508 e. The SMILES string of the molecule is CC(C)[C@@H]1NC(=O)[C@H](Cc2c[nH]cn2)NC(=O)[C@H](Cc2ccc(O)cc2)NC(=O)[C@H]([C@@H](C)O)NC(=O)[C@H](Cc2c[nH]cn2)NC(=O)[C@H](Cc2ccc(O)cc2)NC(=O)CSC[C@@H](C(N)=O)NC(=O)[C@H](Cc2ccc(O)cc2)NC(=O)[C@H](Cc2ccc(O)cc2)NC(=O)[C@H](CC(N)=O)NC(=O)[C@H]([C@@H](C)O)NC(=O)[C@H](CCC[NH+]=C(N)N)NC(=O)[C@H](CCC[NH+]=C(N)N)NC(=O)[C@H](CCCCNC(=O)C(F)(F)F)NC1=O. The molecule has 1 saturated heterocycles. The summed E-state index contributed by atoms with van der Waals surface area (Å²) in [6.07, 6.45) is -10.1. The van der Waals surface area contributed by atoms with E-state index in [1.54, 1.807) is 5.32 Å². The molecule has 1 aliphatic heterocycles. The van der Waals surface area contributed by atoms with Gasteiger partial charge in [0.1, 0.15) is 108 Å². The Morgan fingerprint density at radius 1 is 0.396 bits per heavy atom. The highest BCUT2D eigenvalue weighted by atomic mass is 32.2. The molecule has 50 nitrogen and oxygen atoms in total. The summed E-state index contributed by atoms with van der Waals surface area (Å²) in [5.41, 5.74) is 35.5. The van der Waals surface area contributed by atoms with Gasteiger partial charge >= 0.3 is 24.0 Å². The fourth-order valence-electron chi connectivity index (χ4n) is 14.5. The fraction of sp³-hybridized carbons (Fsp3) is 0.456. The fourth-order valence-corrected chi connectivity index (χ4v) is 15.4. The van der Waals surface area contributed by atoms with E-state index >= 15 is 28.8 Å². The number of alkyl halides is 3. The van der Waals surface area contributed by atoms with Crippen LogP contribution in [0.15, 0.2) is 122 Å². The molecular weight excluding hydrogens is 1920 g/mol. The Hall–Kier alpha value is -15.9. The van der Waals surface area contributed by atoms with Gasteiger partial charge in [0.05, 0.1) is 61.5 Å². The lowest BCUT2D eigenvalue weighted by Gasteiger charge is -2.30. The van der Waals surface area contributed by atoms with Gasteiger partial charge in [-0.15, -0.1) is 11.8 Å². The van der Waals surface area contributed by atoms with Crippen molar-refractivity contribution >= 4 is 124 Å². The number of aromatic hydroxyl groups is 4. The molecule has 0 bridgehead atoms. The molecule has 16 atom stereocenters. The maximum absolute atomic E-state index is 15.2. The average molecular weight is 2040 g/mol. The number of imidazole rings is 2. The number of unbranched alkanes of at least 4 members (excludes halogenated alkanes) is 1. The number of guanidine groups is 2. The molecule has 0 unspecified atom stereocenters. The molecule has 2 aromatic heterocycles. The van der Waals surface area contributed by atoms with Crippen molar-refractivity contribution in [3.05, 3.63) is 156 Å². The van der Waals surface area contributed by atoms with Crippen LogP contribution in [0.2, 0.25) is 0 Å². The van der Waals surface area contributed by atoms with Crippen LogP contribution < -0.4 is 124 Å². The van der Waals surface area contributed by atoms with Gasteiger partial charge in [0.15, 0.2) is 0 Å². The van der Waals surface area contributed by atoms with Crippen LogP contribution in [0.25, 0.3) is 0 Å². The average Bonchev–Trinajstić information content (AvgIpc) is 0.868. The second-order valence-electron chi connectivity index (χ2n) is 34.3. The lowest BCUT2D eigenvalue weighted by atomic mass is 10.00. The number of hydrogen-bond acceptors (Lipinski definition) is 26. The Labute approximate surface area is 826 Å². The Morgan fingerprint density at radius 2 is 0.694 bits per heavy atom. The number of aromatic amines is 2. The first-order valence-corrected chi connectivity index (χ1v) is 46.7. The number of nitrogens with one attached hydrogen (secondary N) is 19. The number of nitrogens with zero attached hydrogens (tertiary/aromatic N) is 2. The lowest BCUT2D eigenvalue weighted by molar-refractivity contribution is -0.460. The highest BCUT2D eigenvalue weighted by Crippen LogP contribution is 2.22. The number of aromatic nitrogens is 4. The largest absolute Gasteiger partial charge is 0.508 e. The molecule has 0 saturated carbocycles. The molecule has 0 aliphatic carbocycles. The van der Waals surface area contributed by atoms with Gasteiger partial charge in [0.25, 0.3) is 0 Å². The first-order chi connectivity index (χ1) is 68.1. The summed E-state index contributed by atoms with van der Waals surface area (Å²) < 4.78 is 40.3. The second kappa shape index (κ2) is 56.5. The van der Waals surface area contributed by atoms with Gasteiger partial charge in [0, 0.05) is 63.2 Å². The number of aliphatic hydroxyl groups excluding tert-OH is 2. The molecule has 7 rings (SSSR count). The predicted octanol–water partition coefficient (Wildman–Crippen LogP) is -10.9. The zero-order valence-corrected chi connectivity index (χ0v) is 79.6. The molecule has 0 spiro atoms. The minimum absolute atomic E-state index is 0.101. The van der Waals surface area contributed by atoms with Crippen LogP contribution in [0.5, 0.6) is 23.0 Å². The highest BCUT2D eigenvalue weighted by Gasteiger charge is 2.43. The number of carbonyl (C=O) groups is 17. The predicted molar refractivity (Wildman–Crippen MR) is 507 cm³/mol. The van der Waals surface area contributed by atoms with Crippen LogP contribution >= 0.6 is 11.8 Å². The van der Waals surface area contributed by atoms with Gasteiger partial charge in [-0.3, -0.25) is 114 Å². The van der Waals surface area contributed by atoms with E-state index < -0.39 is 285 Å². The number of phenolic OH excluding ortho intramolecular Hbond substituents is 4. The third-order valence-corrected chi connectivity index (χ3v) is 23.2. The summed E-state index contributed by atoms with van der Waals surface area (Å²) >= 11 is 0.683. The van der Waals surface area contributed by atoms with Gasteiger partial charge < -0.3 is 132 Å². The Balaban J connectivity index is 1.35. The van der Waals surface area contributed by atoms with Crippen molar-refractivity contribution in [2.45, 2.75) is 221 Å². The molecular formula is C90H124F3N27O23S+2. The lowest BCUT2D eigenvalue weighted by Crippen LogP contribution is -2.78. The van der Waals surface area contributed by atoms with Crippen molar-refractivity contribution in [3.8, 4) is 23.0 Å². The van der Waals surface area contributed by atoms with Crippen molar-refractivity contribution in [3.63, 3.8) is 0 Å². The van der Waals surface area contributed by atoms with Crippen LogP contribution in [-0.4, -0.2) is 297 Å². The molecule has 1 fully saturated rings. The van der Waals surface area contributed by atoms with Crippen molar-refractivity contribution in [1.82, 2.24) is 99.7 Å². The van der Waals surface area contributed by atoms with Crippen molar-refractivity contribution < 1.29 is 135 Å². The number of thioether (sulfide) groups is 1. The smallest absolute Gasteiger partial charge is 0.471 e. The number of primary amides is 2. The van der Waals surface area contributed by atoms with Gasteiger partial charge in [-0.2, -0.15) is 13.2 Å². The van der Waals surface area contributed by atoms with Crippen molar-refractivity contribution in [2.75, 3.05) is 31.1 Å². The summed E-state index contributed by atoms with van der Waals surface area (Å²) in [5, 5.41) is 100. The van der Waals surface area contributed by atoms with Crippen molar-refractivity contribution in [2.24, 2.45) is 40.3 Å². The van der Waals surface area contributed by atoms with E-state index in [1.807, 2.05) is 0 Å².